The van der Waals surface area contributed by atoms with E-state index in [-0.39, 0.29) is 24.4 Å². The number of hydrogen-bond acceptors (Lipinski definition) is 3. The van der Waals surface area contributed by atoms with Gasteiger partial charge >= 0.3 is 6.09 Å². The van der Waals surface area contributed by atoms with E-state index in [1.807, 2.05) is 6.07 Å². The zero-order chi connectivity index (χ0) is 15.6. The second kappa shape index (κ2) is 6.02. The summed E-state index contributed by atoms with van der Waals surface area (Å²) in [6.07, 6.45) is 0.180. The second-order valence-electron chi connectivity index (χ2n) is 6.46. The molecule has 2 atom stereocenters. The van der Waals surface area contributed by atoms with Crippen molar-refractivity contribution in [1.82, 2.24) is 4.90 Å². The minimum absolute atomic E-state index is 0.0189. The fourth-order valence-electron chi connectivity index (χ4n) is 2.64. The summed E-state index contributed by atoms with van der Waals surface area (Å²) in [7, 11) is 0. The van der Waals surface area contributed by atoms with Crippen molar-refractivity contribution in [1.29, 1.82) is 0 Å². The average molecular weight is 295 g/mol. The lowest BCUT2D eigenvalue weighted by atomic mass is 9.96. The number of aliphatic hydroxyl groups is 1. The minimum atomic E-state index is -0.575. The lowest BCUT2D eigenvalue weighted by molar-refractivity contribution is 0.0174. The number of hydrogen-bond donors (Lipinski definition) is 1. The Morgan fingerprint density at radius 3 is 2.76 bits per heavy atom. The van der Waals surface area contributed by atoms with Gasteiger partial charge in [-0.2, -0.15) is 0 Å². The first-order valence-corrected chi connectivity index (χ1v) is 7.16. The van der Waals surface area contributed by atoms with Crippen LogP contribution in [0, 0.1) is 5.82 Å². The van der Waals surface area contributed by atoms with E-state index in [2.05, 4.69) is 0 Å². The third kappa shape index (κ3) is 3.94. The Morgan fingerprint density at radius 2 is 2.19 bits per heavy atom. The number of carbonyl (C=O) groups excluding carboxylic acids is 1. The molecule has 1 N–H and O–H groups in total. The Kier molecular flexibility index (Phi) is 4.52. The zero-order valence-corrected chi connectivity index (χ0v) is 12.7. The van der Waals surface area contributed by atoms with Crippen molar-refractivity contribution < 1.29 is 19.0 Å². The van der Waals surface area contributed by atoms with Crippen LogP contribution in [0.5, 0.6) is 0 Å². The molecule has 1 aromatic rings. The summed E-state index contributed by atoms with van der Waals surface area (Å²) < 4.78 is 18.7. The molecule has 0 unspecified atom stereocenters. The van der Waals surface area contributed by atoms with Crippen molar-refractivity contribution in [3.8, 4) is 0 Å². The van der Waals surface area contributed by atoms with E-state index in [9.17, 15) is 14.3 Å². The van der Waals surface area contributed by atoms with Crippen molar-refractivity contribution >= 4 is 6.09 Å². The molecule has 1 aromatic carbocycles. The van der Waals surface area contributed by atoms with Crippen molar-refractivity contribution in [3.63, 3.8) is 0 Å². The van der Waals surface area contributed by atoms with E-state index >= 15 is 0 Å². The number of rotatable bonds is 2. The number of benzene rings is 1. The number of carbonyl (C=O) groups is 1. The molecule has 0 saturated carbocycles. The fraction of sp³-hybridized carbons (Fsp3) is 0.562. The number of amides is 1. The van der Waals surface area contributed by atoms with Crippen LogP contribution in [0.25, 0.3) is 0 Å². The van der Waals surface area contributed by atoms with E-state index in [0.717, 1.165) is 5.56 Å². The summed E-state index contributed by atoms with van der Waals surface area (Å²) in [4.78, 5) is 13.7. The summed E-state index contributed by atoms with van der Waals surface area (Å²) in [5, 5.41) is 9.48. The quantitative estimate of drug-likeness (QED) is 0.912. The maximum atomic E-state index is 13.3. The highest BCUT2D eigenvalue weighted by atomic mass is 19.1. The van der Waals surface area contributed by atoms with Gasteiger partial charge in [-0.25, -0.2) is 9.18 Å². The monoisotopic (exact) mass is 295 g/mol. The van der Waals surface area contributed by atoms with Gasteiger partial charge in [-0.3, -0.25) is 0 Å². The normalized spacial score (nSPS) is 22.4. The molecule has 0 aromatic heterocycles. The molecule has 0 radical (unpaired) electrons. The summed E-state index contributed by atoms with van der Waals surface area (Å²) in [5.41, 5.74) is 0.271. The van der Waals surface area contributed by atoms with Crippen LogP contribution in [0.1, 0.15) is 38.7 Å². The van der Waals surface area contributed by atoms with Crippen molar-refractivity contribution in [2.75, 3.05) is 13.2 Å². The smallest absolute Gasteiger partial charge is 0.410 e. The Bertz CT molecular complexity index is 512. The number of halogens is 1. The van der Waals surface area contributed by atoms with Crippen molar-refractivity contribution in [2.45, 2.75) is 44.8 Å². The van der Waals surface area contributed by atoms with Crippen molar-refractivity contribution in [3.05, 3.63) is 35.6 Å². The molecule has 4 nitrogen and oxygen atoms in total. The largest absolute Gasteiger partial charge is 0.444 e. The minimum Gasteiger partial charge on any atom is -0.444 e. The predicted octanol–water partition coefficient (Wildman–Crippen LogP) is 2.91. The van der Waals surface area contributed by atoms with E-state index in [1.54, 1.807) is 31.7 Å². The number of aliphatic hydroxyl groups excluding tert-OH is 1. The van der Waals surface area contributed by atoms with Gasteiger partial charge in [0.25, 0.3) is 0 Å². The SMILES string of the molecule is CC(C)(C)OC(=O)N1C[C@H](c2cccc(F)c2)C[C@H]1CO. The Balaban J connectivity index is 2.12. The molecule has 1 fully saturated rings. The Labute approximate surface area is 124 Å². The third-order valence-electron chi connectivity index (χ3n) is 3.57. The Morgan fingerprint density at radius 1 is 1.48 bits per heavy atom. The van der Waals surface area contributed by atoms with Gasteiger partial charge in [0, 0.05) is 12.5 Å². The highest BCUT2D eigenvalue weighted by Gasteiger charge is 2.37. The summed E-state index contributed by atoms with van der Waals surface area (Å²) in [6.45, 7) is 5.73. The molecule has 0 bridgehead atoms. The van der Waals surface area contributed by atoms with Gasteiger partial charge in [-0.05, 0) is 44.9 Å². The third-order valence-corrected chi connectivity index (χ3v) is 3.57. The van der Waals surface area contributed by atoms with E-state index < -0.39 is 11.7 Å². The molecule has 2 rings (SSSR count). The number of nitrogens with zero attached hydrogens (tertiary/aromatic N) is 1. The predicted molar refractivity (Wildman–Crippen MR) is 77.6 cm³/mol. The van der Waals surface area contributed by atoms with Crippen LogP contribution < -0.4 is 0 Å². The van der Waals surface area contributed by atoms with Crippen LogP contribution in [0.4, 0.5) is 9.18 Å². The van der Waals surface area contributed by atoms with Crippen LogP contribution in [-0.2, 0) is 4.74 Å². The topological polar surface area (TPSA) is 49.8 Å². The molecule has 21 heavy (non-hydrogen) atoms. The molecule has 1 heterocycles. The molecule has 5 heteroatoms. The second-order valence-corrected chi connectivity index (χ2v) is 6.46. The van der Waals surface area contributed by atoms with Gasteiger partial charge in [0.15, 0.2) is 0 Å². The average Bonchev–Trinajstić information content (AvgIpc) is 2.81. The van der Waals surface area contributed by atoms with Gasteiger partial charge in [0.1, 0.15) is 11.4 Å². The van der Waals surface area contributed by atoms with Gasteiger partial charge in [-0.15, -0.1) is 0 Å². The molecule has 0 spiro atoms. The summed E-state index contributed by atoms with van der Waals surface area (Å²) in [6, 6.07) is 6.11. The fourth-order valence-corrected chi connectivity index (χ4v) is 2.64. The highest BCUT2D eigenvalue weighted by molar-refractivity contribution is 5.69. The molecule has 0 aliphatic carbocycles. The molecular weight excluding hydrogens is 273 g/mol. The summed E-state index contributed by atoms with van der Waals surface area (Å²) in [5.74, 6) is -0.269. The van der Waals surface area contributed by atoms with Gasteiger partial charge in [0.2, 0.25) is 0 Å². The van der Waals surface area contributed by atoms with Crippen LogP contribution in [0.2, 0.25) is 0 Å². The molecule has 1 aliphatic heterocycles. The van der Waals surface area contributed by atoms with Crippen LogP contribution in [0.15, 0.2) is 24.3 Å². The molecule has 116 valence electrons. The number of ether oxygens (including phenoxy) is 1. The first kappa shape index (κ1) is 15.8. The highest BCUT2D eigenvalue weighted by Crippen LogP contribution is 2.32. The summed E-state index contributed by atoms with van der Waals surface area (Å²) >= 11 is 0. The van der Waals surface area contributed by atoms with E-state index in [4.69, 9.17) is 4.74 Å². The zero-order valence-electron chi connectivity index (χ0n) is 12.7. The lowest BCUT2D eigenvalue weighted by Crippen LogP contribution is -2.41. The first-order chi connectivity index (χ1) is 9.80. The van der Waals surface area contributed by atoms with Gasteiger partial charge in [0.05, 0.1) is 12.6 Å². The Hall–Kier alpha value is -1.62. The maximum Gasteiger partial charge on any atom is 0.410 e. The first-order valence-electron chi connectivity index (χ1n) is 7.16. The standard InChI is InChI=1S/C16H22FNO3/c1-16(2,3)21-15(20)18-9-12(8-14(18)10-19)11-5-4-6-13(17)7-11/h4-7,12,14,19H,8-10H2,1-3H3/t12-,14+/m1/s1. The van der Waals surface area contributed by atoms with Gasteiger partial charge in [-0.1, -0.05) is 12.1 Å². The van der Waals surface area contributed by atoms with Crippen LogP contribution in [0.3, 0.4) is 0 Å². The molecule has 1 amide bonds. The van der Waals surface area contributed by atoms with Crippen molar-refractivity contribution in [2.24, 2.45) is 0 Å². The lowest BCUT2D eigenvalue weighted by Gasteiger charge is -2.27. The van der Waals surface area contributed by atoms with E-state index in [1.165, 1.54) is 12.1 Å². The van der Waals surface area contributed by atoms with Gasteiger partial charge < -0.3 is 14.7 Å². The number of likely N-dealkylation sites (tertiary alicyclic amines) is 1. The molecular formula is C16H22FNO3. The van der Waals surface area contributed by atoms with Crippen LogP contribution >= 0.6 is 0 Å². The maximum absolute atomic E-state index is 13.3. The van der Waals surface area contributed by atoms with Crippen LogP contribution in [-0.4, -0.2) is 40.9 Å². The molecule has 1 aliphatic rings. The molecule has 1 saturated heterocycles. The van der Waals surface area contributed by atoms with E-state index in [0.29, 0.717) is 13.0 Å².